The first-order chi connectivity index (χ1) is 9.08. The molecule has 0 radical (unpaired) electrons. The molecule has 1 saturated heterocycles. The van der Waals surface area contributed by atoms with Gasteiger partial charge in [-0.25, -0.2) is 0 Å². The number of likely N-dealkylation sites (tertiary alicyclic amines) is 1. The quantitative estimate of drug-likeness (QED) is 0.853. The van der Waals surface area contributed by atoms with Gasteiger partial charge in [-0.1, -0.05) is 0 Å². The van der Waals surface area contributed by atoms with E-state index in [4.69, 9.17) is 5.11 Å². The molecule has 6 nitrogen and oxygen atoms in total. The second-order valence-corrected chi connectivity index (χ2v) is 4.75. The van der Waals surface area contributed by atoms with Crippen molar-refractivity contribution >= 4 is 11.9 Å². The average Bonchev–Trinajstić information content (AvgIpc) is 2.38. The molecule has 1 unspecified atom stereocenters. The average molecular weight is 264 g/mol. The minimum Gasteiger partial charge on any atom is -0.505 e. The van der Waals surface area contributed by atoms with Crippen molar-refractivity contribution in [1.29, 1.82) is 0 Å². The van der Waals surface area contributed by atoms with Crippen LogP contribution in [0, 0.1) is 5.92 Å². The summed E-state index contributed by atoms with van der Waals surface area (Å²) < 4.78 is 0. The Morgan fingerprint density at radius 1 is 1.47 bits per heavy atom. The van der Waals surface area contributed by atoms with Gasteiger partial charge in [-0.2, -0.15) is 0 Å². The fourth-order valence-electron chi connectivity index (χ4n) is 2.40. The first kappa shape index (κ1) is 13.3. The van der Waals surface area contributed by atoms with Gasteiger partial charge in [0.2, 0.25) is 0 Å². The molecule has 1 atom stereocenters. The predicted octanol–water partition coefficient (Wildman–Crippen LogP) is 1.11. The Kier molecular flexibility index (Phi) is 3.99. The lowest BCUT2D eigenvalue weighted by atomic mass is 9.94. The van der Waals surface area contributed by atoms with E-state index in [1.807, 2.05) is 0 Å². The predicted molar refractivity (Wildman–Crippen MR) is 66.8 cm³/mol. The van der Waals surface area contributed by atoms with Gasteiger partial charge >= 0.3 is 5.97 Å². The third-order valence-corrected chi connectivity index (χ3v) is 3.30. The Morgan fingerprint density at radius 3 is 2.95 bits per heavy atom. The molecule has 0 aromatic carbocycles. The number of amides is 1. The van der Waals surface area contributed by atoms with Gasteiger partial charge in [-0.3, -0.25) is 14.6 Å². The third kappa shape index (κ3) is 3.21. The van der Waals surface area contributed by atoms with Crippen molar-refractivity contribution in [3.63, 3.8) is 0 Å². The molecule has 1 aromatic rings. The van der Waals surface area contributed by atoms with Crippen molar-refractivity contribution in [2.45, 2.75) is 19.3 Å². The standard InChI is InChI=1S/C13H16N2O4/c16-11-7-14-4-3-10(11)13(19)15-5-1-2-9(8-15)6-12(17)18/h3-4,7,9,16H,1-2,5-6,8H2,(H,17,18). The van der Waals surface area contributed by atoms with Gasteiger partial charge in [0, 0.05) is 25.7 Å². The molecular formula is C13H16N2O4. The number of pyridine rings is 1. The summed E-state index contributed by atoms with van der Waals surface area (Å²) >= 11 is 0. The van der Waals surface area contributed by atoms with Gasteiger partial charge < -0.3 is 15.1 Å². The zero-order valence-electron chi connectivity index (χ0n) is 10.5. The van der Waals surface area contributed by atoms with E-state index < -0.39 is 5.97 Å². The molecule has 1 aliphatic rings. The van der Waals surface area contributed by atoms with Gasteiger partial charge in [0.1, 0.15) is 5.75 Å². The number of piperidine rings is 1. The lowest BCUT2D eigenvalue weighted by molar-refractivity contribution is -0.138. The van der Waals surface area contributed by atoms with Crippen LogP contribution >= 0.6 is 0 Å². The van der Waals surface area contributed by atoms with Crippen LogP contribution in [-0.2, 0) is 4.79 Å². The van der Waals surface area contributed by atoms with Crippen LogP contribution in [0.4, 0.5) is 0 Å². The number of aliphatic carboxylic acids is 1. The number of hydrogen-bond donors (Lipinski definition) is 2. The summed E-state index contributed by atoms with van der Waals surface area (Å²) in [5.41, 5.74) is 0.214. The molecule has 1 fully saturated rings. The van der Waals surface area contributed by atoms with Crippen LogP contribution in [0.3, 0.4) is 0 Å². The molecule has 2 N–H and O–H groups in total. The van der Waals surface area contributed by atoms with Crippen LogP contribution in [0.2, 0.25) is 0 Å². The molecule has 0 bridgehead atoms. The van der Waals surface area contributed by atoms with Crippen LogP contribution in [-0.4, -0.2) is 45.1 Å². The zero-order chi connectivity index (χ0) is 13.8. The van der Waals surface area contributed by atoms with Gasteiger partial charge in [-0.15, -0.1) is 0 Å². The van der Waals surface area contributed by atoms with E-state index >= 15 is 0 Å². The number of carboxylic acid groups (broad SMARTS) is 1. The van der Waals surface area contributed by atoms with Crippen LogP contribution in [0.25, 0.3) is 0 Å². The Labute approximate surface area is 110 Å². The second kappa shape index (κ2) is 5.69. The Balaban J connectivity index is 2.07. The summed E-state index contributed by atoms with van der Waals surface area (Å²) in [6.45, 7) is 1.02. The number of aromatic hydroxyl groups is 1. The summed E-state index contributed by atoms with van der Waals surface area (Å²) in [6.07, 6.45) is 4.36. The van der Waals surface area contributed by atoms with Crippen molar-refractivity contribution in [3.05, 3.63) is 24.0 Å². The lowest BCUT2D eigenvalue weighted by Gasteiger charge is -2.32. The molecule has 102 valence electrons. The van der Waals surface area contributed by atoms with Crippen molar-refractivity contribution in [2.24, 2.45) is 5.92 Å². The SMILES string of the molecule is O=C(O)CC1CCCN(C(=O)c2ccncc2O)C1. The maximum Gasteiger partial charge on any atom is 0.303 e. The number of nitrogens with zero attached hydrogens (tertiary/aromatic N) is 2. The number of rotatable bonds is 3. The normalized spacial score (nSPS) is 19.2. The van der Waals surface area contributed by atoms with Crippen molar-refractivity contribution in [1.82, 2.24) is 9.88 Å². The third-order valence-electron chi connectivity index (χ3n) is 3.30. The maximum atomic E-state index is 12.2. The van der Waals surface area contributed by atoms with Crippen LogP contribution in [0.15, 0.2) is 18.5 Å². The summed E-state index contributed by atoms with van der Waals surface area (Å²) in [7, 11) is 0. The largest absolute Gasteiger partial charge is 0.505 e. The number of aromatic nitrogens is 1. The van der Waals surface area contributed by atoms with Gasteiger partial charge in [0.05, 0.1) is 11.8 Å². The zero-order valence-corrected chi connectivity index (χ0v) is 10.5. The second-order valence-electron chi connectivity index (χ2n) is 4.75. The monoisotopic (exact) mass is 264 g/mol. The van der Waals surface area contributed by atoms with Crippen LogP contribution < -0.4 is 0 Å². The Bertz CT molecular complexity index is 489. The number of carboxylic acids is 1. The van der Waals surface area contributed by atoms with Gasteiger partial charge in [0.25, 0.3) is 5.91 Å². The van der Waals surface area contributed by atoms with E-state index in [2.05, 4.69) is 4.98 Å². The molecule has 1 amide bonds. The molecule has 0 saturated carbocycles. The number of carbonyl (C=O) groups excluding carboxylic acids is 1. The van der Waals surface area contributed by atoms with Crippen LogP contribution in [0.5, 0.6) is 5.75 Å². The molecule has 0 spiro atoms. The van der Waals surface area contributed by atoms with Crippen molar-refractivity contribution < 1.29 is 19.8 Å². The summed E-state index contributed by atoms with van der Waals surface area (Å²) in [5, 5.41) is 18.4. The number of hydrogen-bond acceptors (Lipinski definition) is 4. The summed E-state index contributed by atoms with van der Waals surface area (Å²) in [4.78, 5) is 28.3. The lowest BCUT2D eigenvalue weighted by Crippen LogP contribution is -2.40. The van der Waals surface area contributed by atoms with E-state index in [-0.39, 0.29) is 29.6 Å². The minimum absolute atomic E-state index is 0.0146. The van der Waals surface area contributed by atoms with Crippen molar-refractivity contribution in [2.75, 3.05) is 13.1 Å². The van der Waals surface area contributed by atoms with Gasteiger partial charge in [-0.05, 0) is 24.8 Å². The van der Waals surface area contributed by atoms with Gasteiger partial charge in [0.15, 0.2) is 0 Å². The van der Waals surface area contributed by atoms with E-state index in [1.54, 1.807) is 4.90 Å². The molecule has 6 heteroatoms. The topological polar surface area (TPSA) is 90.7 Å². The highest BCUT2D eigenvalue weighted by Crippen LogP contribution is 2.23. The molecular weight excluding hydrogens is 248 g/mol. The Hall–Kier alpha value is -2.11. The minimum atomic E-state index is -0.842. The van der Waals surface area contributed by atoms with E-state index in [9.17, 15) is 14.7 Å². The molecule has 2 heterocycles. The molecule has 1 aromatic heterocycles. The molecule has 2 rings (SSSR count). The Morgan fingerprint density at radius 2 is 2.26 bits per heavy atom. The van der Waals surface area contributed by atoms with Crippen LogP contribution in [0.1, 0.15) is 29.6 Å². The summed E-state index contributed by atoms with van der Waals surface area (Å²) in [6, 6.07) is 1.47. The summed E-state index contributed by atoms with van der Waals surface area (Å²) in [5.74, 6) is -1.27. The highest BCUT2D eigenvalue weighted by Gasteiger charge is 2.27. The molecule has 19 heavy (non-hydrogen) atoms. The van der Waals surface area contributed by atoms with Crippen molar-refractivity contribution in [3.8, 4) is 5.75 Å². The first-order valence-corrected chi connectivity index (χ1v) is 6.22. The maximum absolute atomic E-state index is 12.2. The number of carbonyl (C=O) groups is 2. The fourth-order valence-corrected chi connectivity index (χ4v) is 2.40. The highest BCUT2D eigenvalue weighted by atomic mass is 16.4. The first-order valence-electron chi connectivity index (χ1n) is 6.22. The smallest absolute Gasteiger partial charge is 0.303 e. The molecule has 1 aliphatic heterocycles. The van der Waals surface area contributed by atoms with E-state index in [0.29, 0.717) is 13.1 Å². The van der Waals surface area contributed by atoms with E-state index in [0.717, 1.165) is 12.8 Å². The van der Waals surface area contributed by atoms with E-state index in [1.165, 1.54) is 18.5 Å². The fraction of sp³-hybridized carbons (Fsp3) is 0.462. The molecule has 0 aliphatic carbocycles. The highest BCUT2D eigenvalue weighted by molar-refractivity contribution is 5.96.